The number of nitrogens with one attached hydrogen (secondary N) is 1. The second-order valence-corrected chi connectivity index (χ2v) is 9.09. The lowest BCUT2D eigenvalue weighted by Gasteiger charge is -2.37. The number of carbonyl (C=O) groups is 1. The van der Waals surface area contributed by atoms with E-state index in [0.29, 0.717) is 11.7 Å². The quantitative estimate of drug-likeness (QED) is 0.641. The lowest BCUT2D eigenvalue weighted by atomic mass is 9.82. The fourth-order valence-corrected chi connectivity index (χ4v) is 4.56. The van der Waals surface area contributed by atoms with Crippen LogP contribution in [-0.4, -0.2) is 40.2 Å². The molecule has 33 heavy (non-hydrogen) atoms. The number of carbonyl (C=O) groups excluding carboxylic acids is 1. The van der Waals surface area contributed by atoms with Gasteiger partial charge in [0.15, 0.2) is 5.82 Å². The first-order chi connectivity index (χ1) is 15.7. The van der Waals surface area contributed by atoms with Crippen LogP contribution in [0.15, 0.2) is 30.5 Å². The lowest BCUT2D eigenvalue weighted by molar-refractivity contribution is -0.137. The number of hydrogen-bond donors (Lipinski definition) is 2. The van der Waals surface area contributed by atoms with Crippen LogP contribution in [0.1, 0.15) is 54.1 Å². The van der Waals surface area contributed by atoms with Crippen molar-refractivity contribution in [3.63, 3.8) is 0 Å². The number of aromatic nitrogens is 2. The predicted molar refractivity (Wildman–Crippen MR) is 117 cm³/mol. The third kappa shape index (κ3) is 5.30. The van der Waals surface area contributed by atoms with Crippen molar-refractivity contribution in [1.82, 2.24) is 14.7 Å². The van der Waals surface area contributed by atoms with Gasteiger partial charge in [-0.05, 0) is 69.3 Å². The number of nitriles is 1. The summed E-state index contributed by atoms with van der Waals surface area (Å²) in [4.78, 5) is 14.4. The van der Waals surface area contributed by atoms with Gasteiger partial charge >= 0.3 is 6.18 Å². The molecule has 4 rings (SSSR count). The van der Waals surface area contributed by atoms with Crippen molar-refractivity contribution in [2.45, 2.75) is 50.4 Å². The Morgan fingerprint density at radius 2 is 1.97 bits per heavy atom. The largest absolute Gasteiger partial charge is 0.416 e. The Hall–Kier alpha value is -3.06. The summed E-state index contributed by atoms with van der Waals surface area (Å²) in [6.07, 6.45) is 2.02. The van der Waals surface area contributed by atoms with E-state index in [1.54, 1.807) is 4.68 Å². The van der Waals surface area contributed by atoms with E-state index < -0.39 is 17.6 Å². The number of primary amides is 1. The van der Waals surface area contributed by atoms with Crippen LogP contribution in [0.3, 0.4) is 0 Å². The molecular formula is C23H27F3N6O. The summed E-state index contributed by atoms with van der Waals surface area (Å²) in [5.74, 6) is -0.0461. The monoisotopic (exact) mass is 460 g/mol. The molecule has 7 nitrogen and oxygen atoms in total. The standard InChI is InChI=1S/C23H27F3N6O/c1-31(12-14-2-3-14)18-8-9-20(15(10-18)11-27)32-13-19(21(28)33)22(30-32)29-17-6-4-16(5-7-17)23(24,25)26/h4-7,13-15,18,20H,2-3,8-10,12H2,1H3,(H2,28,33)(H,29,30). The van der Waals surface area contributed by atoms with Gasteiger partial charge in [-0.1, -0.05) is 0 Å². The highest BCUT2D eigenvalue weighted by atomic mass is 19.4. The van der Waals surface area contributed by atoms with Crippen molar-refractivity contribution in [2.75, 3.05) is 18.9 Å². The highest BCUT2D eigenvalue weighted by Crippen LogP contribution is 2.38. The summed E-state index contributed by atoms with van der Waals surface area (Å²) >= 11 is 0. The highest BCUT2D eigenvalue weighted by Gasteiger charge is 2.36. The Morgan fingerprint density at radius 3 is 2.55 bits per heavy atom. The predicted octanol–water partition coefficient (Wildman–Crippen LogP) is 4.32. The smallest absolute Gasteiger partial charge is 0.365 e. The molecule has 3 N–H and O–H groups in total. The van der Waals surface area contributed by atoms with E-state index in [1.165, 1.54) is 31.2 Å². The minimum Gasteiger partial charge on any atom is -0.365 e. The zero-order valence-corrected chi connectivity index (χ0v) is 18.3. The molecule has 1 aromatic heterocycles. The molecule has 0 radical (unpaired) electrons. The topological polar surface area (TPSA) is 100.0 Å². The third-order valence-electron chi connectivity index (χ3n) is 6.63. The van der Waals surface area contributed by atoms with Gasteiger partial charge in [0.1, 0.15) is 5.56 Å². The molecule has 1 heterocycles. The normalized spacial score (nSPS) is 23.3. The van der Waals surface area contributed by atoms with Gasteiger partial charge < -0.3 is 16.0 Å². The molecule has 0 bridgehead atoms. The van der Waals surface area contributed by atoms with Crippen molar-refractivity contribution in [3.8, 4) is 6.07 Å². The molecule has 3 atom stereocenters. The van der Waals surface area contributed by atoms with Crippen molar-refractivity contribution >= 4 is 17.4 Å². The molecule has 2 aliphatic rings. The van der Waals surface area contributed by atoms with Crippen molar-refractivity contribution < 1.29 is 18.0 Å². The molecule has 2 saturated carbocycles. The van der Waals surface area contributed by atoms with E-state index in [1.807, 2.05) is 0 Å². The molecule has 0 aliphatic heterocycles. The van der Waals surface area contributed by atoms with Crippen molar-refractivity contribution in [2.24, 2.45) is 17.6 Å². The first-order valence-corrected chi connectivity index (χ1v) is 11.1. The highest BCUT2D eigenvalue weighted by molar-refractivity contribution is 5.98. The van der Waals surface area contributed by atoms with E-state index in [2.05, 4.69) is 28.4 Å². The Balaban J connectivity index is 1.51. The van der Waals surface area contributed by atoms with E-state index >= 15 is 0 Å². The maximum absolute atomic E-state index is 12.8. The van der Waals surface area contributed by atoms with Gasteiger partial charge in [-0.25, -0.2) is 0 Å². The summed E-state index contributed by atoms with van der Waals surface area (Å²) in [7, 11) is 2.11. The average Bonchev–Trinajstić information content (AvgIpc) is 3.49. The number of anilines is 2. The number of alkyl halides is 3. The van der Waals surface area contributed by atoms with E-state index in [4.69, 9.17) is 5.73 Å². The Labute approximate surface area is 190 Å². The molecule has 3 unspecified atom stereocenters. The number of benzene rings is 1. The summed E-state index contributed by atoms with van der Waals surface area (Å²) < 4.78 is 40.0. The van der Waals surface area contributed by atoms with Crippen molar-refractivity contribution in [1.29, 1.82) is 5.26 Å². The van der Waals surface area contributed by atoms with Gasteiger partial charge in [-0.3, -0.25) is 9.48 Å². The zero-order chi connectivity index (χ0) is 23.8. The molecule has 0 saturated heterocycles. The zero-order valence-electron chi connectivity index (χ0n) is 18.3. The fourth-order valence-electron chi connectivity index (χ4n) is 4.56. The number of rotatable bonds is 7. The molecule has 2 fully saturated rings. The molecule has 10 heteroatoms. The Kier molecular flexibility index (Phi) is 6.34. The number of nitrogens with zero attached hydrogens (tertiary/aromatic N) is 4. The van der Waals surface area contributed by atoms with Crippen LogP contribution in [0.5, 0.6) is 0 Å². The summed E-state index contributed by atoms with van der Waals surface area (Å²) in [6.45, 7) is 1.06. The van der Waals surface area contributed by atoms with Crippen LogP contribution in [0.25, 0.3) is 0 Å². The average molecular weight is 461 g/mol. The molecule has 176 valence electrons. The minimum atomic E-state index is -4.43. The molecule has 2 aliphatic carbocycles. The summed E-state index contributed by atoms with van der Waals surface area (Å²) in [6, 6.07) is 6.98. The second kappa shape index (κ2) is 9.06. The first kappa shape index (κ1) is 23.1. The van der Waals surface area contributed by atoms with Crippen LogP contribution in [0.2, 0.25) is 0 Å². The summed E-state index contributed by atoms with van der Waals surface area (Å²) in [5.41, 5.74) is 5.22. The molecule has 0 spiro atoms. The summed E-state index contributed by atoms with van der Waals surface area (Å²) in [5, 5.41) is 17.2. The van der Waals surface area contributed by atoms with Gasteiger partial charge in [-0.2, -0.15) is 23.5 Å². The molecule has 1 amide bonds. The van der Waals surface area contributed by atoms with Gasteiger partial charge in [0.05, 0.1) is 23.6 Å². The minimum absolute atomic E-state index is 0.125. The van der Waals surface area contributed by atoms with E-state index in [-0.39, 0.29) is 23.3 Å². The number of halogens is 3. The SMILES string of the molecule is CN(CC1CC1)C1CCC(n2cc(C(N)=O)c(Nc3ccc(C(F)(F)F)cc3)n2)C(C#N)C1. The van der Waals surface area contributed by atoms with Crippen LogP contribution < -0.4 is 11.1 Å². The Bertz CT molecular complexity index is 1040. The molecular weight excluding hydrogens is 433 g/mol. The van der Waals surface area contributed by atoms with E-state index in [9.17, 15) is 23.2 Å². The maximum atomic E-state index is 12.8. The molecule has 1 aromatic carbocycles. The maximum Gasteiger partial charge on any atom is 0.416 e. The van der Waals surface area contributed by atoms with Crippen LogP contribution in [0.4, 0.5) is 24.7 Å². The van der Waals surface area contributed by atoms with Crippen LogP contribution in [-0.2, 0) is 6.18 Å². The Morgan fingerprint density at radius 1 is 1.27 bits per heavy atom. The fraction of sp³-hybridized carbons (Fsp3) is 0.522. The van der Waals surface area contributed by atoms with Crippen molar-refractivity contribution in [3.05, 3.63) is 41.6 Å². The number of amides is 1. The van der Waals surface area contributed by atoms with Gasteiger partial charge in [-0.15, -0.1) is 0 Å². The van der Waals surface area contributed by atoms with E-state index in [0.717, 1.165) is 43.9 Å². The van der Waals surface area contributed by atoms with Crippen LogP contribution >= 0.6 is 0 Å². The molecule has 2 aromatic rings. The lowest BCUT2D eigenvalue weighted by Crippen LogP contribution is -2.40. The van der Waals surface area contributed by atoms with Gasteiger partial charge in [0.25, 0.3) is 5.91 Å². The third-order valence-corrected chi connectivity index (χ3v) is 6.63. The number of nitrogens with two attached hydrogens (primary N) is 1. The van der Waals surface area contributed by atoms with Gasteiger partial charge in [0, 0.05) is 24.5 Å². The second-order valence-electron chi connectivity index (χ2n) is 9.09. The van der Waals surface area contributed by atoms with Gasteiger partial charge in [0.2, 0.25) is 0 Å². The number of hydrogen-bond acceptors (Lipinski definition) is 5. The van der Waals surface area contributed by atoms with Crippen LogP contribution in [0, 0.1) is 23.2 Å². The first-order valence-electron chi connectivity index (χ1n) is 11.1.